The molecule has 9 heteroatoms. The van der Waals surface area contributed by atoms with Gasteiger partial charge >= 0.3 is 5.97 Å². The van der Waals surface area contributed by atoms with Gasteiger partial charge in [0, 0.05) is 17.6 Å². The van der Waals surface area contributed by atoms with Gasteiger partial charge < -0.3 is 19.8 Å². The molecule has 0 saturated carbocycles. The monoisotopic (exact) mass is 392 g/mol. The standard InChI is InChI=1S/C18H17ClN2O6/c19-10-4-5-14-11(7-10)13(22)8-15(27-14)18(25)26-9-16(23)21-6-2-1-3-12(21)17(20)24/h4-5,7-8,12H,1-3,6,9H2,(H2,20,24)/t12-/m1/s1. The number of likely N-dealkylation sites (tertiary alicyclic amines) is 1. The Hall–Kier alpha value is -2.87. The van der Waals surface area contributed by atoms with Crippen molar-refractivity contribution in [2.75, 3.05) is 13.2 Å². The molecule has 1 aliphatic heterocycles. The van der Waals surface area contributed by atoms with Crippen LogP contribution in [0.15, 0.2) is 33.5 Å². The zero-order chi connectivity index (χ0) is 19.6. The minimum absolute atomic E-state index is 0.176. The van der Waals surface area contributed by atoms with Gasteiger partial charge in [-0.25, -0.2) is 4.79 Å². The van der Waals surface area contributed by atoms with Crippen molar-refractivity contribution >= 4 is 40.4 Å². The second kappa shape index (κ2) is 7.79. The van der Waals surface area contributed by atoms with E-state index in [4.69, 9.17) is 26.5 Å². The van der Waals surface area contributed by atoms with Gasteiger partial charge in [-0.3, -0.25) is 14.4 Å². The summed E-state index contributed by atoms with van der Waals surface area (Å²) >= 11 is 5.84. The first kappa shape index (κ1) is 18.9. The van der Waals surface area contributed by atoms with Gasteiger partial charge in [0.25, 0.3) is 5.91 Å². The van der Waals surface area contributed by atoms with Gasteiger partial charge in [0.15, 0.2) is 12.0 Å². The number of hydrogen-bond donors (Lipinski definition) is 1. The van der Waals surface area contributed by atoms with E-state index in [0.29, 0.717) is 18.0 Å². The number of esters is 1. The van der Waals surface area contributed by atoms with Crippen molar-refractivity contribution in [3.8, 4) is 0 Å². The number of amides is 2. The first-order valence-corrected chi connectivity index (χ1v) is 8.74. The fourth-order valence-corrected chi connectivity index (χ4v) is 3.21. The molecule has 1 atom stereocenters. The maximum atomic E-state index is 12.3. The lowest BCUT2D eigenvalue weighted by atomic mass is 10.0. The van der Waals surface area contributed by atoms with Crippen molar-refractivity contribution in [1.82, 2.24) is 4.90 Å². The number of piperidine rings is 1. The van der Waals surface area contributed by atoms with Gasteiger partial charge in [0.05, 0.1) is 5.39 Å². The number of carbonyl (C=O) groups is 3. The predicted octanol–water partition coefficient (Wildman–Crippen LogP) is 1.47. The Kier molecular flexibility index (Phi) is 5.46. The second-order valence-electron chi connectivity index (χ2n) is 6.19. The smallest absolute Gasteiger partial charge is 0.374 e. The van der Waals surface area contributed by atoms with Crippen LogP contribution in [0.5, 0.6) is 0 Å². The SMILES string of the molecule is NC(=O)[C@H]1CCCCN1C(=O)COC(=O)c1cc(=O)c2cc(Cl)ccc2o1. The van der Waals surface area contributed by atoms with E-state index in [0.717, 1.165) is 18.9 Å². The molecule has 2 heterocycles. The summed E-state index contributed by atoms with van der Waals surface area (Å²) in [5.41, 5.74) is 5.04. The van der Waals surface area contributed by atoms with Crippen LogP contribution >= 0.6 is 11.6 Å². The third-order valence-corrected chi connectivity index (χ3v) is 4.60. The molecule has 1 aromatic heterocycles. The fraction of sp³-hybridized carbons (Fsp3) is 0.333. The van der Waals surface area contributed by atoms with Crippen molar-refractivity contribution in [3.05, 3.63) is 45.3 Å². The van der Waals surface area contributed by atoms with E-state index in [9.17, 15) is 19.2 Å². The quantitative estimate of drug-likeness (QED) is 0.786. The Labute approximate surface area is 158 Å². The second-order valence-corrected chi connectivity index (χ2v) is 6.63. The Balaban J connectivity index is 1.71. The Morgan fingerprint density at radius 1 is 1.26 bits per heavy atom. The molecule has 3 rings (SSSR count). The van der Waals surface area contributed by atoms with Crippen LogP contribution in [0, 0.1) is 0 Å². The average Bonchev–Trinajstić information content (AvgIpc) is 2.66. The normalized spacial score (nSPS) is 16.9. The number of rotatable bonds is 4. The molecule has 1 fully saturated rings. The highest BCUT2D eigenvalue weighted by Crippen LogP contribution is 2.19. The van der Waals surface area contributed by atoms with Gasteiger partial charge in [-0.05, 0) is 37.5 Å². The highest BCUT2D eigenvalue weighted by molar-refractivity contribution is 6.31. The van der Waals surface area contributed by atoms with Gasteiger partial charge in [0.2, 0.25) is 11.7 Å². The molecule has 0 unspecified atom stereocenters. The van der Waals surface area contributed by atoms with E-state index in [2.05, 4.69) is 0 Å². The minimum atomic E-state index is -0.954. The van der Waals surface area contributed by atoms with Gasteiger partial charge in [-0.15, -0.1) is 0 Å². The maximum absolute atomic E-state index is 12.3. The number of fused-ring (bicyclic) bond motifs is 1. The van der Waals surface area contributed by atoms with Crippen molar-refractivity contribution in [1.29, 1.82) is 0 Å². The van der Waals surface area contributed by atoms with Crippen LogP contribution in [-0.2, 0) is 14.3 Å². The number of carbonyl (C=O) groups excluding carboxylic acids is 3. The molecule has 0 radical (unpaired) electrons. The number of ether oxygens (including phenoxy) is 1. The number of nitrogens with zero attached hydrogens (tertiary/aromatic N) is 1. The van der Waals surface area contributed by atoms with Gasteiger partial charge in [0.1, 0.15) is 11.6 Å². The lowest BCUT2D eigenvalue weighted by Crippen LogP contribution is -2.51. The molecule has 2 N–H and O–H groups in total. The molecule has 8 nitrogen and oxygen atoms in total. The summed E-state index contributed by atoms with van der Waals surface area (Å²) in [6.07, 6.45) is 2.02. The number of hydrogen-bond acceptors (Lipinski definition) is 6. The summed E-state index contributed by atoms with van der Waals surface area (Å²) in [7, 11) is 0. The lowest BCUT2D eigenvalue weighted by Gasteiger charge is -2.33. The van der Waals surface area contributed by atoms with Crippen LogP contribution in [0.3, 0.4) is 0 Å². The Morgan fingerprint density at radius 3 is 2.78 bits per heavy atom. The van der Waals surface area contributed by atoms with Crippen LogP contribution in [0.1, 0.15) is 29.8 Å². The highest BCUT2D eigenvalue weighted by Gasteiger charge is 2.31. The number of nitrogens with two attached hydrogens (primary N) is 1. The third-order valence-electron chi connectivity index (χ3n) is 4.37. The lowest BCUT2D eigenvalue weighted by molar-refractivity contribution is -0.143. The predicted molar refractivity (Wildman–Crippen MR) is 96.3 cm³/mol. The molecule has 142 valence electrons. The Bertz CT molecular complexity index is 970. The molecule has 0 spiro atoms. The average molecular weight is 393 g/mol. The van der Waals surface area contributed by atoms with E-state index < -0.39 is 35.9 Å². The van der Waals surface area contributed by atoms with E-state index in [1.165, 1.54) is 23.1 Å². The minimum Gasteiger partial charge on any atom is -0.450 e. The van der Waals surface area contributed by atoms with E-state index >= 15 is 0 Å². The first-order chi connectivity index (χ1) is 12.9. The molecule has 1 aromatic carbocycles. The molecule has 2 aromatic rings. The van der Waals surface area contributed by atoms with E-state index in [-0.39, 0.29) is 16.7 Å². The molecule has 0 aliphatic carbocycles. The van der Waals surface area contributed by atoms with E-state index in [1.807, 2.05) is 0 Å². The molecular formula is C18H17ClN2O6. The molecule has 27 heavy (non-hydrogen) atoms. The summed E-state index contributed by atoms with van der Waals surface area (Å²) < 4.78 is 10.3. The molecule has 2 amide bonds. The molecule has 0 bridgehead atoms. The van der Waals surface area contributed by atoms with Crippen LogP contribution in [0.4, 0.5) is 0 Å². The first-order valence-electron chi connectivity index (χ1n) is 8.36. The maximum Gasteiger partial charge on any atom is 0.374 e. The van der Waals surface area contributed by atoms with Crippen molar-refractivity contribution in [2.24, 2.45) is 5.73 Å². The summed E-state index contributed by atoms with van der Waals surface area (Å²) in [6, 6.07) is 4.70. The van der Waals surface area contributed by atoms with Crippen LogP contribution in [0.25, 0.3) is 11.0 Å². The molecule has 1 saturated heterocycles. The number of benzene rings is 1. The highest BCUT2D eigenvalue weighted by atomic mass is 35.5. The number of primary amides is 1. The number of halogens is 1. The topological polar surface area (TPSA) is 120 Å². The van der Waals surface area contributed by atoms with Crippen LogP contribution in [0.2, 0.25) is 5.02 Å². The summed E-state index contributed by atoms with van der Waals surface area (Å²) in [5, 5.41) is 0.592. The van der Waals surface area contributed by atoms with Crippen LogP contribution < -0.4 is 11.2 Å². The van der Waals surface area contributed by atoms with Crippen LogP contribution in [-0.4, -0.2) is 41.9 Å². The summed E-state index contributed by atoms with van der Waals surface area (Å²) in [6.45, 7) is -0.208. The zero-order valence-corrected chi connectivity index (χ0v) is 15.0. The summed E-state index contributed by atoms with van der Waals surface area (Å²) in [4.78, 5) is 49.4. The van der Waals surface area contributed by atoms with Crippen molar-refractivity contribution < 1.29 is 23.5 Å². The third kappa shape index (κ3) is 4.11. The molecular weight excluding hydrogens is 376 g/mol. The fourth-order valence-electron chi connectivity index (χ4n) is 3.04. The zero-order valence-electron chi connectivity index (χ0n) is 14.3. The largest absolute Gasteiger partial charge is 0.450 e. The van der Waals surface area contributed by atoms with E-state index in [1.54, 1.807) is 0 Å². The van der Waals surface area contributed by atoms with Crippen molar-refractivity contribution in [3.63, 3.8) is 0 Å². The van der Waals surface area contributed by atoms with Gasteiger partial charge in [-0.1, -0.05) is 11.6 Å². The van der Waals surface area contributed by atoms with Crippen molar-refractivity contribution in [2.45, 2.75) is 25.3 Å². The van der Waals surface area contributed by atoms with Gasteiger partial charge in [-0.2, -0.15) is 0 Å². The summed E-state index contributed by atoms with van der Waals surface area (Å²) in [5.74, 6) is -2.40. The Morgan fingerprint density at radius 2 is 2.04 bits per heavy atom. The molecule has 1 aliphatic rings.